The number of benzene rings is 2. The summed E-state index contributed by atoms with van der Waals surface area (Å²) in [6, 6.07) is 14.5. The summed E-state index contributed by atoms with van der Waals surface area (Å²) in [4.78, 5) is 16.1. The van der Waals surface area contributed by atoms with Gasteiger partial charge in [-0.15, -0.1) is 0 Å². The largest absolute Gasteiger partial charge is 0.493 e. The molecule has 1 saturated carbocycles. The van der Waals surface area contributed by atoms with Crippen LogP contribution in [0.15, 0.2) is 42.5 Å². The van der Waals surface area contributed by atoms with E-state index in [1.165, 1.54) is 5.56 Å². The second kappa shape index (κ2) is 10.6. The van der Waals surface area contributed by atoms with Crippen LogP contribution in [0.4, 0.5) is 0 Å². The van der Waals surface area contributed by atoms with Gasteiger partial charge in [0.05, 0.1) is 38.9 Å². The minimum Gasteiger partial charge on any atom is -0.493 e. The Balaban J connectivity index is 1.58. The fourth-order valence-corrected chi connectivity index (χ4v) is 5.33. The van der Waals surface area contributed by atoms with Crippen molar-refractivity contribution >= 4 is 5.91 Å². The lowest BCUT2D eigenvalue weighted by Crippen LogP contribution is -2.48. The van der Waals surface area contributed by atoms with Gasteiger partial charge >= 0.3 is 0 Å². The molecule has 1 unspecified atom stereocenters. The standard InChI is InChI=1S/C27H36N2O4/c1-20-7-6-8-22(17-20)27(11-4-5-12-27)26(30)28-19-23(29-13-15-33-16-14-29)21-9-10-24(31-2)25(18-21)32-3/h6-10,17-18,23H,4-5,11-16,19H2,1-3H3,(H,28,30). The lowest BCUT2D eigenvalue weighted by atomic mass is 9.77. The smallest absolute Gasteiger partial charge is 0.230 e. The molecule has 2 aromatic rings. The molecular formula is C27H36N2O4. The molecule has 6 heteroatoms. The third kappa shape index (κ3) is 5.02. The maximum absolute atomic E-state index is 13.7. The van der Waals surface area contributed by atoms with Crippen molar-refractivity contribution in [1.82, 2.24) is 10.2 Å². The van der Waals surface area contributed by atoms with Gasteiger partial charge < -0.3 is 19.5 Å². The van der Waals surface area contributed by atoms with Crippen LogP contribution in [0.25, 0.3) is 0 Å². The van der Waals surface area contributed by atoms with Crippen LogP contribution in [-0.2, 0) is 14.9 Å². The van der Waals surface area contributed by atoms with Crippen LogP contribution in [-0.4, -0.2) is 57.9 Å². The molecule has 1 aliphatic heterocycles. The average molecular weight is 453 g/mol. The summed E-state index contributed by atoms with van der Waals surface area (Å²) in [5.41, 5.74) is 3.01. The van der Waals surface area contributed by atoms with Crippen molar-refractivity contribution in [3.05, 3.63) is 59.2 Å². The Labute approximate surface area is 197 Å². The summed E-state index contributed by atoms with van der Waals surface area (Å²) in [7, 11) is 3.29. The van der Waals surface area contributed by atoms with Crippen molar-refractivity contribution in [2.45, 2.75) is 44.1 Å². The number of methoxy groups -OCH3 is 2. The molecule has 33 heavy (non-hydrogen) atoms. The lowest BCUT2D eigenvalue weighted by Gasteiger charge is -2.36. The Morgan fingerprint density at radius 1 is 1.06 bits per heavy atom. The van der Waals surface area contributed by atoms with Gasteiger partial charge in [-0.05, 0) is 43.0 Å². The summed E-state index contributed by atoms with van der Waals surface area (Å²) in [6.45, 7) is 5.70. The maximum atomic E-state index is 13.7. The van der Waals surface area contributed by atoms with E-state index in [9.17, 15) is 4.79 Å². The first-order valence-corrected chi connectivity index (χ1v) is 12.0. The highest BCUT2D eigenvalue weighted by Crippen LogP contribution is 2.42. The van der Waals surface area contributed by atoms with Crippen molar-refractivity contribution in [2.24, 2.45) is 0 Å². The molecule has 1 N–H and O–H groups in total. The van der Waals surface area contributed by atoms with Crippen molar-refractivity contribution in [3.63, 3.8) is 0 Å². The monoisotopic (exact) mass is 452 g/mol. The molecule has 6 nitrogen and oxygen atoms in total. The molecule has 2 aliphatic rings. The van der Waals surface area contributed by atoms with E-state index in [0.29, 0.717) is 31.3 Å². The number of nitrogens with one attached hydrogen (secondary N) is 1. The third-order valence-corrected chi connectivity index (χ3v) is 7.20. The topological polar surface area (TPSA) is 60.0 Å². The number of aryl methyl sites for hydroxylation is 1. The van der Waals surface area contributed by atoms with Gasteiger partial charge in [0.15, 0.2) is 11.5 Å². The van der Waals surface area contributed by atoms with Crippen LogP contribution in [0.5, 0.6) is 11.5 Å². The third-order valence-electron chi connectivity index (χ3n) is 7.20. The molecule has 2 fully saturated rings. The second-order valence-electron chi connectivity index (χ2n) is 9.15. The van der Waals surface area contributed by atoms with Crippen molar-refractivity contribution < 1.29 is 19.0 Å². The highest BCUT2D eigenvalue weighted by molar-refractivity contribution is 5.88. The number of amides is 1. The summed E-state index contributed by atoms with van der Waals surface area (Å²) in [5, 5.41) is 3.35. The predicted octanol–water partition coefficient (Wildman–Crippen LogP) is 4.01. The number of rotatable bonds is 8. The maximum Gasteiger partial charge on any atom is 0.230 e. The molecule has 1 aliphatic carbocycles. The van der Waals surface area contributed by atoms with Gasteiger partial charge in [0.25, 0.3) is 0 Å². The number of morpholine rings is 1. The van der Waals surface area contributed by atoms with Crippen molar-refractivity contribution in [3.8, 4) is 11.5 Å². The van der Waals surface area contributed by atoms with Gasteiger partial charge in [-0.25, -0.2) is 0 Å². The molecule has 1 saturated heterocycles. The Morgan fingerprint density at radius 2 is 1.79 bits per heavy atom. The van der Waals surface area contributed by atoms with Gasteiger partial charge in [0.2, 0.25) is 5.91 Å². The minimum absolute atomic E-state index is 0.0358. The normalized spacial score (nSPS) is 19.1. The summed E-state index contributed by atoms with van der Waals surface area (Å²) in [5.74, 6) is 1.55. The van der Waals surface area contributed by atoms with E-state index in [2.05, 4.69) is 47.5 Å². The van der Waals surface area contributed by atoms with Crippen molar-refractivity contribution in [1.29, 1.82) is 0 Å². The van der Waals surface area contributed by atoms with E-state index in [-0.39, 0.29) is 11.9 Å². The number of ether oxygens (including phenoxy) is 3. The zero-order valence-electron chi connectivity index (χ0n) is 20.1. The second-order valence-corrected chi connectivity index (χ2v) is 9.15. The molecular weight excluding hydrogens is 416 g/mol. The molecule has 0 spiro atoms. The Hall–Kier alpha value is -2.57. The molecule has 2 aromatic carbocycles. The Morgan fingerprint density at radius 3 is 2.45 bits per heavy atom. The first-order chi connectivity index (χ1) is 16.1. The molecule has 0 aromatic heterocycles. The predicted molar refractivity (Wildman–Crippen MR) is 129 cm³/mol. The molecule has 1 amide bonds. The highest BCUT2D eigenvalue weighted by atomic mass is 16.5. The fourth-order valence-electron chi connectivity index (χ4n) is 5.33. The van der Waals surface area contributed by atoms with Gasteiger partial charge in [-0.3, -0.25) is 9.69 Å². The zero-order chi connectivity index (χ0) is 23.3. The SMILES string of the molecule is COc1ccc(C(CNC(=O)C2(c3cccc(C)c3)CCCC2)N2CCOCC2)cc1OC. The molecule has 1 heterocycles. The fraction of sp³-hybridized carbons (Fsp3) is 0.519. The average Bonchev–Trinajstić information content (AvgIpc) is 3.36. The molecule has 1 atom stereocenters. The lowest BCUT2D eigenvalue weighted by molar-refractivity contribution is -0.127. The van der Waals surface area contributed by atoms with Crippen LogP contribution >= 0.6 is 0 Å². The van der Waals surface area contributed by atoms with E-state index in [4.69, 9.17) is 14.2 Å². The first kappa shape index (κ1) is 23.6. The van der Waals surface area contributed by atoms with E-state index in [0.717, 1.165) is 49.9 Å². The van der Waals surface area contributed by atoms with Crippen molar-refractivity contribution in [2.75, 3.05) is 47.1 Å². The zero-order valence-corrected chi connectivity index (χ0v) is 20.1. The van der Waals surface area contributed by atoms with Crippen LogP contribution < -0.4 is 14.8 Å². The first-order valence-electron chi connectivity index (χ1n) is 12.0. The number of carbonyl (C=O) groups is 1. The number of hydrogen-bond donors (Lipinski definition) is 1. The molecule has 4 rings (SSSR count). The van der Waals surface area contributed by atoms with E-state index in [1.807, 2.05) is 12.1 Å². The van der Waals surface area contributed by atoms with Gasteiger partial charge in [0.1, 0.15) is 0 Å². The quantitative estimate of drug-likeness (QED) is 0.656. The number of nitrogens with zero attached hydrogens (tertiary/aromatic N) is 1. The van der Waals surface area contributed by atoms with Crippen LogP contribution in [0.3, 0.4) is 0 Å². The summed E-state index contributed by atoms with van der Waals surface area (Å²) < 4.78 is 16.6. The Kier molecular flexibility index (Phi) is 7.56. The molecule has 0 bridgehead atoms. The van der Waals surface area contributed by atoms with E-state index >= 15 is 0 Å². The Bertz CT molecular complexity index is 949. The van der Waals surface area contributed by atoms with E-state index in [1.54, 1.807) is 14.2 Å². The van der Waals surface area contributed by atoms with Gasteiger partial charge in [0, 0.05) is 19.6 Å². The van der Waals surface area contributed by atoms with Crippen LogP contribution in [0.2, 0.25) is 0 Å². The van der Waals surface area contributed by atoms with Crippen LogP contribution in [0.1, 0.15) is 48.4 Å². The van der Waals surface area contributed by atoms with Gasteiger partial charge in [-0.2, -0.15) is 0 Å². The summed E-state index contributed by atoms with van der Waals surface area (Å²) >= 11 is 0. The highest BCUT2D eigenvalue weighted by Gasteiger charge is 2.43. The molecule has 0 radical (unpaired) electrons. The number of hydrogen-bond acceptors (Lipinski definition) is 5. The van der Waals surface area contributed by atoms with E-state index < -0.39 is 5.41 Å². The minimum atomic E-state index is -0.431. The molecule has 178 valence electrons. The van der Waals surface area contributed by atoms with Gasteiger partial charge in [-0.1, -0.05) is 48.7 Å². The summed E-state index contributed by atoms with van der Waals surface area (Å²) in [6.07, 6.45) is 3.98. The van der Waals surface area contributed by atoms with Crippen LogP contribution in [0, 0.1) is 6.92 Å². The number of carbonyl (C=O) groups excluding carboxylic acids is 1.